The zero-order chi connectivity index (χ0) is 17.6. The summed E-state index contributed by atoms with van der Waals surface area (Å²) < 4.78 is 11.5. The number of hydrogen-bond donors (Lipinski definition) is 0. The average molecular weight is 338 g/mol. The first-order valence-corrected chi connectivity index (χ1v) is 8.57. The zero-order valence-electron chi connectivity index (χ0n) is 14.7. The van der Waals surface area contributed by atoms with Crippen LogP contribution in [0.1, 0.15) is 29.5 Å². The van der Waals surface area contributed by atoms with E-state index in [0.717, 1.165) is 23.4 Å². The maximum absolute atomic E-state index is 12.8. The maximum atomic E-state index is 12.8. The molecule has 130 valence electrons. The molecule has 5 nitrogen and oxygen atoms in total. The molecule has 5 heteroatoms. The number of carbonyl (C=O) groups is 1. The van der Waals surface area contributed by atoms with Crippen molar-refractivity contribution >= 4 is 5.91 Å². The summed E-state index contributed by atoms with van der Waals surface area (Å²) in [6.07, 6.45) is 2.42. The lowest BCUT2D eigenvalue weighted by Crippen LogP contribution is -2.34. The highest BCUT2D eigenvalue weighted by atomic mass is 16.5. The van der Waals surface area contributed by atoms with E-state index >= 15 is 0 Å². The number of aromatic nitrogens is 1. The van der Waals surface area contributed by atoms with Crippen LogP contribution >= 0.6 is 0 Å². The second kappa shape index (κ2) is 6.06. The summed E-state index contributed by atoms with van der Waals surface area (Å²) in [4.78, 5) is 19.1. The first kappa shape index (κ1) is 15.9. The fraction of sp³-hybridized carbons (Fsp3) is 0.400. The lowest BCUT2D eigenvalue weighted by atomic mass is 9.86. The van der Waals surface area contributed by atoms with Gasteiger partial charge in [0, 0.05) is 37.9 Å². The fourth-order valence-corrected chi connectivity index (χ4v) is 4.21. The Hall–Kier alpha value is -2.56. The molecular formula is C20H22N2O3. The predicted octanol–water partition coefficient (Wildman–Crippen LogP) is 2.83. The van der Waals surface area contributed by atoms with E-state index in [2.05, 4.69) is 17.1 Å². The van der Waals surface area contributed by atoms with Gasteiger partial charge in [-0.3, -0.25) is 9.78 Å². The molecule has 1 aliphatic heterocycles. The molecule has 2 aromatic rings. The van der Waals surface area contributed by atoms with Crippen molar-refractivity contribution in [3.63, 3.8) is 0 Å². The molecule has 1 aromatic carbocycles. The average Bonchev–Trinajstić information content (AvgIpc) is 3.16. The van der Waals surface area contributed by atoms with E-state index in [0.29, 0.717) is 5.75 Å². The number of carbonyl (C=O) groups excluding carboxylic acids is 1. The van der Waals surface area contributed by atoms with Gasteiger partial charge in [0.05, 0.1) is 19.0 Å². The van der Waals surface area contributed by atoms with Crippen LogP contribution in [0.5, 0.6) is 11.5 Å². The maximum Gasteiger partial charge on any atom is 0.225 e. The molecule has 0 radical (unpaired) electrons. The molecular weight excluding hydrogens is 316 g/mol. The number of pyridine rings is 1. The number of rotatable bonds is 3. The van der Waals surface area contributed by atoms with Gasteiger partial charge in [0.15, 0.2) is 0 Å². The molecule has 4 rings (SSSR count). The van der Waals surface area contributed by atoms with Crippen molar-refractivity contribution in [2.24, 2.45) is 5.92 Å². The lowest BCUT2D eigenvalue weighted by molar-refractivity contribution is -0.133. The fourth-order valence-electron chi connectivity index (χ4n) is 4.21. The summed E-state index contributed by atoms with van der Waals surface area (Å²) >= 11 is 0. The van der Waals surface area contributed by atoms with E-state index in [1.54, 1.807) is 18.2 Å². The first-order chi connectivity index (χ1) is 12.1. The van der Waals surface area contributed by atoms with Crippen LogP contribution in [-0.2, 0) is 4.79 Å². The standard InChI is InChI=1S/C20H22N2O3/c1-22(2)20(23)14-10-15-18-16(9-13(24-3)11-21-18)25-19(15)17(14)12-7-5-4-6-8-12/h4-9,11,14-15,17,19H,10H2,1-3H3. The number of nitrogens with zero attached hydrogens (tertiary/aromatic N) is 2. The third kappa shape index (κ3) is 2.54. The van der Waals surface area contributed by atoms with Crippen LogP contribution in [0, 0.1) is 5.92 Å². The van der Waals surface area contributed by atoms with Gasteiger partial charge in [-0.1, -0.05) is 30.3 Å². The topological polar surface area (TPSA) is 51.7 Å². The first-order valence-electron chi connectivity index (χ1n) is 8.57. The smallest absolute Gasteiger partial charge is 0.225 e. The molecule has 0 N–H and O–H groups in total. The Morgan fingerprint density at radius 3 is 2.72 bits per heavy atom. The van der Waals surface area contributed by atoms with Crippen LogP contribution in [-0.4, -0.2) is 43.1 Å². The van der Waals surface area contributed by atoms with E-state index < -0.39 is 0 Å². The zero-order valence-corrected chi connectivity index (χ0v) is 14.7. The largest absolute Gasteiger partial charge is 0.495 e. The quantitative estimate of drug-likeness (QED) is 0.863. The molecule has 2 aliphatic rings. The van der Waals surface area contributed by atoms with E-state index in [1.807, 2.05) is 38.4 Å². The number of ether oxygens (including phenoxy) is 2. The van der Waals surface area contributed by atoms with Gasteiger partial charge >= 0.3 is 0 Å². The van der Waals surface area contributed by atoms with Crippen LogP contribution < -0.4 is 9.47 Å². The Balaban J connectivity index is 1.74. The SMILES string of the molecule is COc1cnc2c(c1)OC1C2CC(C(=O)N(C)C)C1c1ccccc1. The summed E-state index contributed by atoms with van der Waals surface area (Å²) in [5.74, 6) is 1.70. The molecule has 4 atom stereocenters. The van der Waals surface area contributed by atoms with Crippen LogP contribution in [0.4, 0.5) is 0 Å². The Labute approximate surface area is 147 Å². The molecule has 0 spiro atoms. The summed E-state index contributed by atoms with van der Waals surface area (Å²) in [6, 6.07) is 12.1. The Morgan fingerprint density at radius 1 is 1.28 bits per heavy atom. The van der Waals surface area contributed by atoms with E-state index in [4.69, 9.17) is 9.47 Å². The number of benzene rings is 1. The van der Waals surface area contributed by atoms with Gasteiger partial charge in [0.25, 0.3) is 0 Å². The van der Waals surface area contributed by atoms with Crippen molar-refractivity contribution in [1.82, 2.24) is 9.88 Å². The van der Waals surface area contributed by atoms with Gasteiger partial charge in [-0.2, -0.15) is 0 Å². The number of hydrogen-bond acceptors (Lipinski definition) is 4. The Bertz CT molecular complexity index is 791. The predicted molar refractivity (Wildman–Crippen MR) is 93.9 cm³/mol. The summed E-state index contributed by atoms with van der Waals surface area (Å²) in [7, 11) is 5.25. The van der Waals surface area contributed by atoms with Crippen molar-refractivity contribution in [1.29, 1.82) is 0 Å². The molecule has 0 bridgehead atoms. The van der Waals surface area contributed by atoms with Gasteiger partial charge in [0.1, 0.15) is 17.6 Å². The highest BCUT2D eigenvalue weighted by Crippen LogP contribution is 2.55. The summed E-state index contributed by atoms with van der Waals surface area (Å²) in [5, 5.41) is 0. The molecule has 1 saturated carbocycles. The molecule has 2 heterocycles. The van der Waals surface area contributed by atoms with Crippen LogP contribution in [0.15, 0.2) is 42.6 Å². The van der Waals surface area contributed by atoms with Crippen molar-refractivity contribution in [3.05, 3.63) is 53.9 Å². The third-order valence-corrected chi connectivity index (χ3v) is 5.34. The summed E-state index contributed by atoms with van der Waals surface area (Å²) in [6.45, 7) is 0. The molecule has 0 saturated heterocycles. The van der Waals surface area contributed by atoms with Crippen LogP contribution in [0.3, 0.4) is 0 Å². The minimum Gasteiger partial charge on any atom is -0.495 e. The molecule has 1 amide bonds. The van der Waals surface area contributed by atoms with Gasteiger partial charge < -0.3 is 14.4 Å². The van der Waals surface area contributed by atoms with E-state index in [-0.39, 0.29) is 29.8 Å². The van der Waals surface area contributed by atoms with Gasteiger partial charge in [0.2, 0.25) is 5.91 Å². The molecule has 1 aliphatic carbocycles. The van der Waals surface area contributed by atoms with Crippen molar-refractivity contribution in [2.45, 2.75) is 24.4 Å². The molecule has 1 aromatic heterocycles. The Kier molecular flexibility index (Phi) is 3.86. The minimum atomic E-state index is -0.0931. The monoisotopic (exact) mass is 338 g/mol. The van der Waals surface area contributed by atoms with Crippen molar-refractivity contribution in [2.75, 3.05) is 21.2 Å². The van der Waals surface area contributed by atoms with Gasteiger partial charge in [-0.25, -0.2) is 0 Å². The second-order valence-electron chi connectivity index (χ2n) is 6.96. The molecule has 1 fully saturated rings. The highest BCUT2D eigenvalue weighted by Gasteiger charge is 2.53. The molecule has 4 unspecified atom stereocenters. The number of amides is 1. The normalized spacial score (nSPS) is 26.5. The molecule has 25 heavy (non-hydrogen) atoms. The summed E-state index contributed by atoms with van der Waals surface area (Å²) in [5.41, 5.74) is 2.09. The second-order valence-corrected chi connectivity index (χ2v) is 6.96. The number of fused-ring (bicyclic) bond motifs is 3. The highest BCUT2D eigenvalue weighted by molar-refractivity contribution is 5.80. The van der Waals surface area contributed by atoms with Gasteiger partial charge in [-0.15, -0.1) is 0 Å². The van der Waals surface area contributed by atoms with E-state index in [1.165, 1.54) is 0 Å². The minimum absolute atomic E-state index is 0.0290. The lowest BCUT2D eigenvalue weighted by Gasteiger charge is -2.26. The number of methoxy groups -OCH3 is 1. The van der Waals surface area contributed by atoms with Crippen molar-refractivity contribution < 1.29 is 14.3 Å². The Morgan fingerprint density at radius 2 is 2.04 bits per heavy atom. The van der Waals surface area contributed by atoms with Crippen LogP contribution in [0.2, 0.25) is 0 Å². The van der Waals surface area contributed by atoms with E-state index in [9.17, 15) is 4.79 Å². The third-order valence-electron chi connectivity index (χ3n) is 5.34. The van der Waals surface area contributed by atoms with Gasteiger partial charge in [-0.05, 0) is 12.0 Å². The van der Waals surface area contributed by atoms with Crippen molar-refractivity contribution in [3.8, 4) is 11.5 Å². The van der Waals surface area contributed by atoms with Crippen LogP contribution in [0.25, 0.3) is 0 Å².